The smallest absolute Gasteiger partial charge is 0.391 e. The highest BCUT2D eigenvalue weighted by Crippen LogP contribution is 2.47. The van der Waals surface area contributed by atoms with Gasteiger partial charge < -0.3 is 20.5 Å². The summed E-state index contributed by atoms with van der Waals surface area (Å²) in [4.78, 5) is 25.4. The van der Waals surface area contributed by atoms with Gasteiger partial charge in [-0.2, -0.15) is 0 Å². The lowest BCUT2D eigenvalue weighted by Gasteiger charge is -2.56. The normalized spacial score (nSPS) is 40.3. The molecule has 0 aromatic rings. The maximum absolute atomic E-state index is 13.8. The number of carbonyl (C=O) groups excluding carboxylic acids is 2. The fourth-order valence-electron chi connectivity index (χ4n) is 6.61. The van der Waals surface area contributed by atoms with Gasteiger partial charge >= 0.3 is 6.36 Å². The van der Waals surface area contributed by atoms with Crippen LogP contribution >= 0.6 is 11.6 Å². The van der Waals surface area contributed by atoms with Gasteiger partial charge in [-0.25, -0.2) is 4.39 Å². The van der Waals surface area contributed by atoms with Crippen molar-refractivity contribution in [3.8, 4) is 0 Å². The number of amides is 2. The van der Waals surface area contributed by atoms with Crippen molar-refractivity contribution in [1.29, 1.82) is 0 Å². The minimum Gasteiger partial charge on any atom is -0.391 e. The Bertz CT molecular complexity index is 815. The van der Waals surface area contributed by atoms with Crippen molar-refractivity contribution in [2.24, 2.45) is 5.92 Å². The lowest BCUT2D eigenvalue weighted by molar-refractivity contribution is -0.345. The third kappa shape index (κ3) is 7.48. The summed E-state index contributed by atoms with van der Waals surface area (Å²) in [6.45, 7) is -0.211. The van der Waals surface area contributed by atoms with E-state index < -0.39 is 41.2 Å². The maximum Gasteiger partial charge on any atom is 0.522 e. The van der Waals surface area contributed by atoms with Crippen molar-refractivity contribution in [1.82, 2.24) is 10.6 Å². The minimum atomic E-state index is -4.64. The zero-order valence-electron chi connectivity index (χ0n) is 20.8. The maximum atomic E-state index is 13.8. The zero-order chi connectivity index (χ0) is 26.8. The van der Waals surface area contributed by atoms with Gasteiger partial charge in [0.1, 0.15) is 12.8 Å². The molecule has 212 valence electrons. The third-order valence-electron chi connectivity index (χ3n) is 8.78. The number of aliphatic hydroxyl groups is 1. The molecule has 5 aliphatic rings. The molecule has 0 aromatic carbocycles. The number of rotatable bonds is 8. The van der Waals surface area contributed by atoms with Crippen molar-refractivity contribution >= 4 is 23.4 Å². The average molecular weight is 557 g/mol. The van der Waals surface area contributed by atoms with Crippen LogP contribution in [0.25, 0.3) is 0 Å². The fourth-order valence-corrected chi connectivity index (χ4v) is 6.84. The summed E-state index contributed by atoms with van der Waals surface area (Å²) in [5.74, 6) is -0.504. The molecule has 3 N–H and O–H groups in total. The van der Waals surface area contributed by atoms with E-state index in [1.165, 1.54) is 0 Å². The first-order valence-corrected chi connectivity index (χ1v) is 13.7. The number of alkyl halides is 5. The molecule has 12 heteroatoms. The van der Waals surface area contributed by atoms with E-state index in [0.717, 1.165) is 0 Å². The molecule has 0 aliphatic heterocycles. The number of aliphatic hydroxyl groups excluding tert-OH is 1. The number of nitrogens with one attached hydrogen (secondary N) is 2. The molecule has 5 fully saturated rings. The second-order valence-electron chi connectivity index (χ2n) is 11.4. The van der Waals surface area contributed by atoms with Gasteiger partial charge in [-0.1, -0.05) is 0 Å². The van der Waals surface area contributed by atoms with Crippen LogP contribution in [-0.2, 0) is 19.1 Å². The van der Waals surface area contributed by atoms with Crippen LogP contribution in [0.4, 0.5) is 17.6 Å². The summed E-state index contributed by atoms with van der Waals surface area (Å²) in [7, 11) is 0. The molecule has 0 radical (unpaired) electrons. The summed E-state index contributed by atoms with van der Waals surface area (Å²) in [5, 5.41) is 16.5. The van der Waals surface area contributed by atoms with Gasteiger partial charge in [0.15, 0.2) is 0 Å². The summed E-state index contributed by atoms with van der Waals surface area (Å²) < 4.78 is 60.7. The van der Waals surface area contributed by atoms with E-state index >= 15 is 0 Å². The molecule has 5 rings (SSSR count). The largest absolute Gasteiger partial charge is 0.522 e. The Morgan fingerprint density at radius 1 is 0.946 bits per heavy atom. The Balaban J connectivity index is 1.20. The molecular formula is C25H37ClF4N2O5. The molecule has 4 unspecified atom stereocenters. The van der Waals surface area contributed by atoms with Gasteiger partial charge in [-0.15, -0.1) is 24.8 Å². The van der Waals surface area contributed by atoms with Crippen LogP contribution in [0.3, 0.4) is 0 Å². The molecular weight excluding hydrogens is 520 g/mol. The van der Waals surface area contributed by atoms with E-state index in [1.54, 1.807) is 0 Å². The van der Waals surface area contributed by atoms with Crippen LogP contribution in [0.15, 0.2) is 0 Å². The Morgan fingerprint density at radius 3 is 2.19 bits per heavy atom. The summed E-state index contributed by atoms with van der Waals surface area (Å²) >= 11 is 5.89. The second kappa shape index (κ2) is 11.5. The van der Waals surface area contributed by atoms with Crippen LogP contribution in [0.2, 0.25) is 0 Å². The highest BCUT2D eigenvalue weighted by Gasteiger charge is 2.55. The molecule has 4 atom stereocenters. The van der Waals surface area contributed by atoms with Crippen LogP contribution in [0, 0.1) is 5.92 Å². The van der Waals surface area contributed by atoms with E-state index in [2.05, 4.69) is 15.4 Å². The topological polar surface area (TPSA) is 96.9 Å². The Labute approximate surface area is 219 Å². The predicted molar refractivity (Wildman–Crippen MR) is 126 cm³/mol. The molecule has 2 bridgehead atoms. The van der Waals surface area contributed by atoms with Crippen molar-refractivity contribution in [3.05, 3.63) is 0 Å². The third-order valence-corrected chi connectivity index (χ3v) is 9.27. The predicted octanol–water partition coefficient (Wildman–Crippen LogP) is 4.03. The summed E-state index contributed by atoms with van der Waals surface area (Å²) in [5.41, 5.74) is -1.33. The molecule has 0 aromatic heterocycles. The molecule has 37 heavy (non-hydrogen) atoms. The number of carbonyl (C=O) groups is 2. The number of fused-ring (bicyclic) bond motifs is 3. The van der Waals surface area contributed by atoms with Crippen molar-refractivity contribution in [2.75, 3.05) is 6.61 Å². The van der Waals surface area contributed by atoms with E-state index in [9.17, 15) is 32.3 Å². The van der Waals surface area contributed by atoms with Crippen molar-refractivity contribution < 1.29 is 41.7 Å². The average Bonchev–Trinajstić information content (AvgIpc) is 2.81. The van der Waals surface area contributed by atoms with Gasteiger partial charge in [0, 0.05) is 18.4 Å². The highest BCUT2D eigenvalue weighted by atomic mass is 35.5. The molecule has 0 saturated heterocycles. The number of halogens is 5. The van der Waals surface area contributed by atoms with Gasteiger partial charge in [-0.05, 0) is 76.5 Å². The van der Waals surface area contributed by atoms with Crippen molar-refractivity contribution in [2.45, 2.75) is 131 Å². The molecule has 0 spiro atoms. The minimum absolute atomic E-state index is 0.00660. The Morgan fingerprint density at radius 2 is 1.59 bits per heavy atom. The fraction of sp³-hybridized carbons (Fsp3) is 0.920. The quantitative estimate of drug-likeness (QED) is 0.310. The highest BCUT2D eigenvalue weighted by molar-refractivity contribution is 6.21. The molecule has 0 heterocycles. The van der Waals surface area contributed by atoms with Crippen molar-refractivity contribution in [3.63, 3.8) is 0 Å². The Hall–Kier alpha value is -1.17. The van der Waals surface area contributed by atoms with Gasteiger partial charge in [-0.3, -0.25) is 14.3 Å². The van der Waals surface area contributed by atoms with Gasteiger partial charge in [0.05, 0.1) is 29.2 Å². The van der Waals surface area contributed by atoms with Crippen LogP contribution in [-0.4, -0.2) is 70.8 Å². The monoisotopic (exact) mass is 556 g/mol. The van der Waals surface area contributed by atoms with E-state index in [-0.39, 0.29) is 56.1 Å². The zero-order valence-corrected chi connectivity index (χ0v) is 21.6. The first-order valence-electron chi connectivity index (χ1n) is 13.3. The van der Waals surface area contributed by atoms with E-state index in [0.29, 0.717) is 57.8 Å². The standard InChI is InChI=1S/C25H37ClF4N2O5/c26-18-6-5-17(12-19(18)27)36-14-22(35)32-24-9-7-23(8-10-24,13-20(24)33)31-21(34)11-15-1-3-16(4-2-15)37-25(28,29)30/h15-20,33H,1-14H2,(H,31,34)(H,32,35). The molecule has 7 nitrogen and oxygen atoms in total. The Kier molecular flexibility index (Phi) is 8.97. The summed E-state index contributed by atoms with van der Waals surface area (Å²) in [6.07, 6.45) is -2.25. The molecule has 5 aliphatic carbocycles. The second-order valence-corrected chi connectivity index (χ2v) is 12.0. The van der Waals surface area contributed by atoms with Crippen LogP contribution < -0.4 is 10.6 Å². The van der Waals surface area contributed by atoms with Gasteiger partial charge in [0.2, 0.25) is 11.8 Å². The summed E-state index contributed by atoms with van der Waals surface area (Å²) in [6, 6.07) is 0. The van der Waals surface area contributed by atoms with Gasteiger partial charge in [0.25, 0.3) is 0 Å². The lowest BCUT2D eigenvalue weighted by atomic mass is 9.59. The SMILES string of the molecule is O=C(CC1CCC(OC(F)(F)F)CC1)NC12CCC(NC(=O)COC3CCC(Cl)C(F)C3)(CC1)C(O)C2. The van der Waals surface area contributed by atoms with E-state index in [4.69, 9.17) is 16.3 Å². The van der Waals surface area contributed by atoms with Crippen LogP contribution in [0.5, 0.6) is 0 Å². The molecule has 5 saturated carbocycles. The first-order chi connectivity index (χ1) is 17.4. The van der Waals surface area contributed by atoms with Crippen LogP contribution in [0.1, 0.15) is 83.5 Å². The number of hydrogen-bond donors (Lipinski definition) is 3. The lowest BCUT2D eigenvalue weighted by Crippen LogP contribution is -2.70. The first kappa shape index (κ1) is 28.8. The molecule has 2 amide bonds. The van der Waals surface area contributed by atoms with E-state index in [1.807, 2.05) is 0 Å². The number of hydrogen-bond acceptors (Lipinski definition) is 5. The number of ether oxygens (including phenoxy) is 2.